The molecule has 2 atom stereocenters. The van der Waals surface area contributed by atoms with Crippen LogP contribution in [-0.4, -0.2) is 11.8 Å². The molecule has 2 aromatic carbocycles. The molecule has 2 N–H and O–H groups in total. The molecular weight excluding hydrogens is 359 g/mol. The summed E-state index contributed by atoms with van der Waals surface area (Å²) in [5.41, 5.74) is 2.56. The lowest BCUT2D eigenvalue weighted by atomic mass is 10.2. The van der Waals surface area contributed by atoms with Crippen LogP contribution in [0.15, 0.2) is 42.5 Å². The SMILES string of the molecule is Cc1ccc(NC(=O)C2CC2C(=O)NCc2ccc(Cl)cc2)cc1Cl. The molecule has 4 nitrogen and oxygen atoms in total. The molecule has 2 amide bonds. The molecule has 0 heterocycles. The Morgan fingerprint density at radius 2 is 1.72 bits per heavy atom. The first-order valence-electron chi connectivity index (χ1n) is 8.03. The van der Waals surface area contributed by atoms with E-state index < -0.39 is 0 Å². The van der Waals surface area contributed by atoms with Crippen LogP contribution >= 0.6 is 23.2 Å². The van der Waals surface area contributed by atoms with Gasteiger partial charge in [-0.3, -0.25) is 9.59 Å². The minimum Gasteiger partial charge on any atom is -0.352 e. The number of nitrogens with one attached hydrogen (secondary N) is 2. The minimum atomic E-state index is -0.287. The van der Waals surface area contributed by atoms with Gasteiger partial charge in [-0.2, -0.15) is 0 Å². The van der Waals surface area contributed by atoms with Crippen molar-refractivity contribution in [2.24, 2.45) is 11.8 Å². The van der Waals surface area contributed by atoms with Crippen LogP contribution in [0.1, 0.15) is 17.5 Å². The number of anilines is 1. The molecule has 6 heteroatoms. The molecule has 1 saturated carbocycles. The molecule has 0 spiro atoms. The summed E-state index contributed by atoms with van der Waals surface area (Å²) in [6, 6.07) is 12.7. The number of benzene rings is 2. The second kappa shape index (κ2) is 7.46. The average molecular weight is 377 g/mol. The van der Waals surface area contributed by atoms with Gasteiger partial charge in [0.2, 0.25) is 11.8 Å². The van der Waals surface area contributed by atoms with Crippen molar-refractivity contribution in [2.45, 2.75) is 19.9 Å². The Labute approximate surface area is 156 Å². The molecule has 0 radical (unpaired) electrons. The van der Waals surface area contributed by atoms with Crippen LogP contribution in [0.4, 0.5) is 5.69 Å². The Balaban J connectivity index is 1.49. The van der Waals surface area contributed by atoms with Crippen LogP contribution in [0.25, 0.3) is 0 Å². The maximum absolute atomic E-state index is 12.2. The average Bonchev–Trinajstić information content (AvgIpc) is 3.38. The summed E-state index contributed by atoms with van der Waals surface area (Å²) in [5.74, 6) is -0.804. The smallest absolute Gasteiger partial charge is 0.228 e. The lowest BCUT2D eigenvalue weighted by Gasteiger charge is -2.07. The molecule has 1 fully saturated rings. The van der Waals surface area contributed by atoms with E-state index in [1.54, 1.807) is 24.3 Å². The second-order valence-electron chi connectivity index (χ2n) is 6.25. The van der Waals surface area contributed by atoms with Gasteiger partial charge < -0.3 is 10.6 Å². The van der Waals surface area contributed by atoms with Crippen molar-refractivity contribution in [3.63, 3.8) is 0 Å². The van der Waals surface area contributed by atoms with E-state index in [-0.39, 0.29) is 23.7 Å². The first-order valence-corrected chi connectivity index (χ1v) is 8.79. The van der Waals surface area contributed by atoms with Crippen molar-refractivity contribution in [1.29, 1.82) is 0 Å². The van der Waals surface area contributed by atoms with Crippen molar-refractivity contribution in [3.8, 4) is 0 Å². The first kappa shape index (κ1) is 17.8. The molecule has 0 aliphatic heterocycles. The summed E-state index contributed by atoms with van der Waals surface area (Å²) in [5, 5.41) is 6.94. The maximum atomic E-state index is 12.2. The minimum absolute atomic E-state index is 0.1000. The number of rotatable bonds is 5. The zero-order valence-corrected chi connectivity index (χ0v) is 15.2. The van der Waals surface area contributed by atoms with E-state index in [0.29, 0.717) is 28.7 Å². The summed E-state index contributed by atoms with van der Waals surface area (Å²) in [7, 11) is 0. The summed E-state index contributed by atoms with van der Waals surface area (Å²) in [6.45, 7) is 2.32. The molecule has 0 bridgehead atoms. The normalized spacial score (nSPS) is 18.5. The second-order valence-corrected chi connectivity index (χ2v) is 7.09. The highest BCUT2D eigenvalue weighted by Crippen LogP contribution is 2.39. The Hall–Kier alpha value is -2.04. The van der Waals surface area contributed by atoms with E-state index in [9.17, 15) is 9.59 Å². The molecule has 2 aromatic rings. The third-order valence-electron chi connectivity index (χ3n) is 4.28. The predicted molar refractivity (Wildman–Crippen MR) is 99.7 cm³/mol. The van der Waals surface area contributed by atoms with Crippen molar-refractivity contribution < 1.29 is 9.59 Å². The molecule has 130 valence electrons. The van der Waals surface area contributed by atoms with Gasteiger partial charge in [0.1, 0.15) is 0 Å². The maximum Gasteiger partial charge on any atom is 0.228 e. The van der Waals surface area contributed by atoms with Crippen LogP contribution in [0.5, 0.6) is 0 Å². The third kappa shape index (κ3) is 4.53. The molecule has 0 saturated heterocycles. The van der Waals surface area contributed by atoms with Crippen molar-refractivity contribution in [2.75, 3.05) is 5.32 Å². The van der Waals surface area contributed by atoms with Crippen molar-refractivity contribution in [1.82, 2.24) is 5.32 Å². The summed E-state index contributed by atoms with van der Waals surface area (Å²) < 4.78 is 0. The van der Waals surface area contributed by atoms with Gasteiger partial charge in [0.25, 0.3) is 0 Å². The number of amides is 2. The standard InChI is InChI=1S/C19H18Cl2N2O2/c1-11-2-7-14(8-17(11)21)23-19(25)16-9-15(16)18(24)22-10-12-3-5-13(20)6-4-12/h2-8,15-16H,9-10H2,1H3,(H,22,24)(H,23,25). The molecule has 25 heavy (non-hydrogen) atoms. The number of aryl methyl sites for hydroxylation is 1. The van der Waals surface area contributed by atoms with Gasteiger partial charge >= 0.3 is 0 Å². The molecule has 2 unspecified atom stereocenters. The number of carbonyl (C=O) groups excluding carboxylic acids is 2. The molecule has 0 aromatic heterocycles. The Morgan fingerprint density at radius 3 is 2.40 bits per heavy atom. The van der Waals surface area contributed by atoms with Crippen LogP contribution < -0.4 is 10.6 Å². The Kier molecular flexibility index (Phi) is 5.30. The first-order chi connectivity index (χ1) is 11.9. The van der Waals surface area contributed by atoms with Gasteiger partial charge in [-0.05, 0) is 48.7 Å². The highest BCUT2D eigenvalue weighted by molar-refractivity contribution is 6.31. The van der Waals surface area contributed by atoms with Gasteiger partial charge in [0.15, 0.2) is 0 Å². The lowest BCUT2D eigenvalue weighted by Crippen LogP contribution is -2.27. The van der Waals surface area contributed by atoms with E-state index in [4.69, 9.17) is 23.2 Å². The molecule has 1 aliphatic carbocycles. The van der Waals surface area contributed by atoms with Crippen molar-refractivity contribution >= 4 is 40.7 Å². The number of carbonyl (C=O) groups is 2. The topological polar surface area (TPSA) is 58.2 Å². The lowest BCUT2D eigenvalue weighted by molar-refractivity contribution is -0.125. The van der Waals surface area contributed by atoms with E-state index in [1.807, 2.05) is 25.1 Å². The fourth-order valence-electron chi connectivity index (χ4n) is 2.60. The highest BCUT2D eigenvalue weighted by atomic mass is 35.5. The van der Waals surface area contributed by atoms with Gasteiger partial charge in [-0.1, -0.05) is 41.4 Å². The Morgan fingerprint density at radius 1 is 1.04 bits per heavy atom. The zero-order chi connectivity index (χ0) is 18.0. The largest absolute Gasteiger partial charge is 0.352 e. The van der Waals surface area contributed by atoms with Crippen LogP contribution in [-0.2, 0) is 16.1 Å². The van der Waals surface area contributed by atoms with Crippen LogP contribution in [0, 0.1) is 18.8 Å². The van der Waals surface area contributed by atoms with Crippen molar-refractivity contribution in [3.05, 3.63) is 63.6 Å². The van der Waals surface area contributed by atoms with E-state index in [2.05, 4.69) is 10.6 Å². The summed E-state index contributed by atoms with van der Waals surface area (Å²) in [6.07, 6.45) is 0.567. The summed E-state index contributed by atoms with van der Waals surface area (Å²) >= 11 is 11.9. The fraction of sp³-hybridized carbons (Fsp3) is 0.263. The quantitative estimate of drug-likeness (QED) is 0.821. The predicted octanol–water partition coefficient (Wildman–Crippen LogP) is 4.19. The molecular formula is C19H18Cl2N2O2. The van der Waals surface area contributed by atoms with E-state index in [1.165, 1.54) is 0 Å². The van der Waals surface area contributed by atoms with E-state index in [0.717, 1.165) is 11.1 Å². The zero-order valence-electron chi connectivity index (χ0n) is 13.7. The van der Waals surface area contributed by atoms with Crippen LogP contribution in [0.2, 0.25) is 10.0 Å². The number of hydrogen-bond acceptors (Lipinski definition) is 2. The highest BCUT2D eigenvalue weighted by Gasteiger charge is 2.47. The monoisotopic (exact) mass is 376 g/mol. The Bertz CT molecular complexity index is 806. The fourth-order valence-corrected chi connectivity index (χ4v) is 2.91. The number of hydrogen-bond donors (Lipinski definition) is 2. The third-order valence-corrected chi connectivity index (χ3v) is 4.94. The van der Waals surface area contributed by atoms with Crippen LogP contribution in [0.3, 0.4) is 0 Å². The van der Waals surface area contributed by atoms with Gasteiger partial charge in [0.05, 0.1) is 11.8 Å². The number of halogens is 2. The summed E-state index contributed by atoms with van der Waals surface area (Å²) in [4.78, 5) is 24.4. The molecule has 1 aliphatic rings. The molecule has 3 rings (SSSR count). The van der Waals surface area contributed by atoms with Gasteiger partial charge in [-0.25, -0.2) is 0 Å². The van der Waals surface area contributed by atoms with Gasteiger partial charge in [0, 0.05) is 22.3 Å². The van der Waals surface area contributed by atoms with E-state index >= 15 is 0 Å². The van der Waals surface area contributed by atoms with Gasteiger partial charge in [-0.15, -0.1) is 0 Å².